The summed E-state index contributed by atoms with van der Waals surface area (Å²) in [5.74, 6) is 1.33. The molecule has 1 aromatic carbocycles. The molecule has 1 amide bonds. The number of carbonyl (C=O) groups is 1. The fraction of sp³-hybridized carbons (Fsp3) is 0.529. The number of nitrogens with zero attached hydrogens (tertiary/aromatic N) is 1. The number of amides is 1. The van der Waals surface area contributed by atoms with Gasteiger partial charge in [-0.2, -0.15) is 0 Å². The maximum Gasteiger partial charge on any atom is 0.239 e. The molecule has 0 spiro atoms. The first-order valence-corrected chi connectivity index (χ1v) is 7.87. The number of hydrogen-bond acceptors (Lipinski definition) is 2. The Labute approximate surface area is 133 Å². The number of guanidine groups is 1. The van der Waals surface area contributed by atoms with Crippen LogP contribution in [-0.4, -0.2) is 32.0 Å². The summed E-state index contributed by atoms with van der Waals surface area (Å²) in [5.41, 5.74) is 1.09. The van der Waals surface area contributed by atoms with Crippen LogP contribution in [0.5, 0.6) is 0 Å². The molecule has 0 saturated carbocycles. The molecule has 0 heterocycles. The molecule has 0 radical (unpaired) electrons. The molecule has 0 saturated heterocycles. The van der Waals surface area contributed by atoms with Gasteiger partial charge in [0.05, 0.1) is 6.54 Å². The van der Waals surface area contributed by atoms with Crippen LogP contribution in [0.1, 0.15) is 32.3 Å². The Bertz CT molecular complexity index is 457. The van der Waals surface area contributed by atoms with Crippen molar-refractivity contribution in [1.29, 1.82) is 0 Å². The Morgan fingerprint density at radius 1 is 1.14 bits per heavy atom. The van der Waals surface area contributed by atoms with Gasteiger partial charge in [0, 0.05) is 20.1 Å². The Balaban J connectivity index is 2.18. The summed E-state index contributed by atoms with van der Waals surface area (Å²) in [6.45, 7) is 6.05. The largest absolute Gasteiger partial charge is 0.356 e. The second-order valence-electron chi connectivity index (χ2n) is 5.65. The van der Waals surface area contributed by atoms with E-state index in [2.05, 4.69) is 34.8 Å². The normalized spacial score (nSPS) is 11.4. The van der Waals surface area contributed by atoms with Gasteiger partial charge in [0.2, 0.25) is 5.91 Å². The highest BCUT2D eigenvalue weighted by Crippen LogP contribution is 2.01. The van der Waals surface area contributed by atoms with Crippen LogP contribution in [0, 0.1) is 5.92 Å². The Morgan fingerprint density at radius 2 is 1.86 bits per heavy atom. The molecule has 1 rings (SSSR count). The molecule has 3 N–H and O–H groups in total. The molecule has 5 nitrogen and oxygen atoms in total. The number of rotatable bonds is 8. The molecule has 1 aromatic rings. The van der Waals surface area contributed by atoms with Gasteiger partial charge in [-0.15, -0.1) is 0 Å². The fourth-order valence-electron chi connectivity index (χ4n) is 1.96. The van der Waals surface area contributed by atoms with Gasteiger partial charge in [-0.25, -0.2) is 0 Å². The van der Waals surface area contributed by atoms with Gasteiger partial charge < -0.3 is 16.0 Å². The highest BCUT2D eigenvalue weighted by atomic mass is 16.1. The van der Waals surface area contributed by atoms with Crippen LogP contribution in [0.3, 0.4) is 0 Å². The second kappa shape index (κ2) is 10.7. The Hall–Kier alpha value is -2.04. The summed E-state index contributed by atoms with van der Waals surface area (Å²) < 4.78 is 0. The minimum atomic E-state index is -0.0472. The van der Waals surface area contributed by atoms with Gasteiger partial charge in [0.15, 0.2) is 5.96 Å². The summed E-state index contributed by atoms with van der Waals surface area (Å²) in [6, 6.07) is 9.86. The van der Waals surface area contributed by atoms with Crippen molar-refractivity contribution in [3.63, 3.8) is 0 Å². The summed E-state index contributed by atoms with van der Waals surface area (Å²) >= 11 is 0. The first-order chi connectivity index (χ1) is 10.6. The number of hydrogen-bond donors (Lipinski definition) is 3. The van der Waals surface area contributed by atoms with Gasteiger partial charge in [-0.1, -0.05) is 44.2 Å². The van der Waals surface area contributed by atoms with E-state index in [4.69, 9.17) is 0 Å². The standard InChI is InChI=1S/C17H28N4O/c1-14(2)8-7-11-19-17(18-3)21-13-16(22)20-12-15-9-5-4-6-10-15/h4-6,9-10,14H,7-8,11-13H2,1-3H3,(H,20,22)(H2,18,19,21). The van der Waals surface area contributed by atoms with E-state index in [1.807, 2.05) is 30.3 Å². The predicted octanol–water partition coefficient (Wildman–Crippen LogP) is 1.90. The van der Waals surface area contributed by atoms with Crippen molar-refractivity contribution in [2.75, 3.05) is 20.1 Å². The van der Waals surface area contributed by atoms with E-state index in [1.165, 1.54) is 6.42 Å². The average Bonchev–Trinajstić information content (AvgIpc) is 2.53. The first-order valence-electron chi connectivity index (χ1n) is 7.87. The zero-order valence-corrected chi connectivity index (χ0v) is 13.9. The first kappa shape index (κ1) is 18.0. The lowest BCUT2D eigenvalue weighted by Crippen LogP contribution is -2.43. The fourth-order valence-corrected chi connectivity index (χ4v) is 1.96. The van der Waals surface area contributed by atoms with Crippen molar-refractivity contribution >= 4 is 11.9 Å². The molecule has 0 aliphatic heterocycles. The number of nitrogens with one attached hydrogen (secondary N) is 3. The molecule has 0 bridgehead atoms. The lowest BCUT2D eigenvalue weighted by molar-refractivity contribution is -0.120. The Morgan fingerprint density at radius 3 is 2.50 bits per heavy atom. The minimum Gasteiger partial charge on any atom is -0.356 e. The zero-order valence-electron chi connectivity index (χ0n) is 13.9. The lowest BCUT2D eigenvalue weighted by Gasteiger charge is -2.12. The minimum absolute atomic E-state index is 0.0472. The van der Waals surface area contributed by atoms with Crippen LogP contribution in [0.25, 0.3) is 0 Å². The third-order valence-corrected chi connectivity index (χ3v) is 3.22. The van der Waals surface area contributed by atoms with Crippen LogP contribution in [-0.2, 0) is 11.3 Å². The summed E-state index contributed by atoms with van der Waals surface area (Å²) in [6.07, 6.45) is 2.28. The van der Waals surface area contributed by atoms with Crippen LogP contribution >= 0.6 is 0 Å². The summed E-state index contributed by atoms with van der Waals surface area (Å²) in [5, 5.41) is 9.11. The van der Waals surface area contributed by atoms with Crippen molar-refractivity contribution in [1.82, 2.24) is 16.0 Å². The smallest absolute Gasteiger partial charge is 0.239 e. The molecule has 0 unspecified atom stereocenters. The van der Waals surface area contributed by atoms with Gasteiger partial charge in [-0.3, -0.25) is 9.79 Å². The van der Waals surface area contributed by atoms with Crippen molar-refractivity contribution in [3.8, 4) is 0 Å². The molecule has 0 aliphatic carbocycles. The van der Waals surface area contributed by atoms with Crippen molar-refractivity contribution < 1.29 is 4.79 Å². The number of benzene rings is 1. The molecule has 0 aromatic heterocycles. The van der Waals surface area contributed by atoms with Crippen LogP contribution in [0.15, 0.2) is 35.3 Å². The van der Waals surface area contributed by atoms with E-state index in [-0.39, 0.29) is 12.5 Å². The van der Waals surface area contributed by atoms with E-state index in [0.717, 1.165) is 18.5 Å². The highest BCUT2D eigenvalue weighted by molar-refractivity contribution is 5.86. The van der Waals surface area contributed by atoms with E-state index >= 15 is 0 Å². The quantitative estimate of drug-likeness (QED) is 0.390. The Kier molecular flexibility index (Phi) is 8.72. The van der Waals surface area contributed by atoms with Crippen LogP contribution in [0.4, 0.5) is 0 Å². The maximum atomic E-state index is 11.8. The van der Waals surface area contributed by atoms with Gasteiger partial charge in [-0.05, 0) is 24.3 Å². The van der Waals surface area contributed by atoms with Crippen molar-refractivity contribution in [2.24, 2.45) is 10.9 Å². The van der Waals surface area contributed by atoms with Crippen molar-refractivity contribution in [2.45, 2.75) is 33.2 Å². The molecule has 5 heteroatoms. The SMILES string of the molecule is CN=C(NCCCC(C)C)NCC(=O)NCc1ccccc1. The third kappa shape index (κ3) is 8.29. The second-order valence-corrected chi connectivity index (χ2v) is 5.65. The molecule has 0 aliphatic rings. The molecular weight excluding hydrogens is 276 g/mol. The summed E-state index contributed by atoms with van der Waals surface area (Å²) in [4.78, 5) is 15.9. The highest BCUT2D eigenvalue weighted by Gasteiger charge is 2.03. The number of carbonyl (C=O) groups excluding carboxylic acids is 1. The van der Waals surface area contributed by atoms with E-state index in [9.17, 15) is 4.79 Å². The van der Waals surface area contributed by atoms with E-state index in [1.54, 1.807) is 7.05 Å². The van der Waals surface area contributed by atoms with Crippen LogP contribution < -0.4 is 16.0 Å². The third-order valence-electron chi connectivity index (χ3n) is 3.22. The zero-order chi connectivity index (χ0) is 16.2. The molecular formula is C17H28N4O. The van der Waals surface area contributed by atoms with E-state index < -0.39 is 0 Å². The van der Waals surface area contributed by atoms with Crippen molar-refractivity contribution in [3.05, 3.63) is 35.9 Å². The lowest BCUT2D eigenvalue weighted by atomic mass is 10.1. The topological polar surface area (TPSA) is 65.5 Å². The molecule has 22 heavy (non-hydrogen) atoms. The predicted molar refractivity (Wildman–Crippen MR) is 91.7 cm³/mol. The maximum absolute atomic E-state index is 11.8. The summed E-state index contributed by atoms with van der Waals surface area (Å²) in [7, 11) is 1.71. The molecule has 122 valence electrons. The van der Waals surface area contributed by atoms with Gasteiger partial charge in [0.25, 0.3) is 0 Å². The average molecular weight is 304 g/mol. The van der Waals surface area contributed by atoms with E-state index in [0.29, 0.717) is 18.4 Å². The van der Waals surface area contributed by atoms with Gasteiger partial charge >= 0.3 is 0 Å². The monoisotopic (exact) mass is 304 g/mol. The number of aliphatic imine (C=N–C) groups is 1. The molecule has 0 fully saturated rings. The molecule has 0 atom stereocenters. The van der Waals surface area contributed by atoms with Gasteiger partial charge in [0.1, 0.15) is 0 Å². The van der Waals surface area contributed by atoms with Crippen LogP contribution in [0.2, 0.25) is 0 Å².